The summed E-state index contributed by atoms with van der Waals surface area (Å²) in [6.07, 6.45) is 1.54. The Kier molecular flexibility index (Phi) is 5.42. The number of carbonyl (C=O) groups is 1. The van der Waals surface area contributed by atoms with Crippen LogP contribution >= 0.6 is 0 Å². The average Bonchev–Trinajstić information content (AvgIpc) is 2.36. The van der Waals surface area contributed by atoms with Crippen LogP contribution in [0.4, 0.5) is 11.5 Å². The molecule has 0 spiro atoms. The highest BCUT2D eigenvalue weighted by molar-refractivity contribution is 5.77. The first kappa shape index (κ1) is 15.9. The third kappa shape index (κ3) is 3.91. The molecule has 0 aliphatic heterocycles. The second-order valence-corrected chi connectivity index (χ2v) is 4.64. The Bertz CT molecular complexity index is 502. The number of aromatic nitrogens is 1. The molecule has 0 N–H and O–H groups in total. The molecule has 1 heterocycles. The van der Waals surface area contributed by atoms with E-state index in [1.54, 1.807) is 24.9 Å². The summed E-state index contributed by atoms with van der Waals surface area (Å²) in [7, 11) is 0. The molecule has 0 saturated carbocycles. The first-order chi connectivity index (χ1) is 9.36. The van der Waals surface area contributed by atoms with Crippen molar-refractivity contribution in [1.29, 1.82) is 0 Å². The first-order valence-electron chi connectivity index (χ1n) is 6.40. The molecule has 0 aliphatic rings. The van der Waals surface area contributed by atoms with E-state index in [1.165, 1.54) is 6.07 Å². The molecule has 1 aromatic heterocycles. The van der Waals surface area contributed by atoms with Gasteiger partial charge < -0.3 is 9.64 Å². The quantitative estimate of drug-likeness (QED) is 0.451. The number of aryl methyl sites for hydroxylation is 1. The van der Waals surface area contributed by atoms with Crippen molar-refractivity contribution in [3.8, 4) is 0 Å². The van der Waals surface area contributed by atoms with Gasteiger partial charge in [-0.2, -0.15) is 0 Å². The van der Waals surface area contributed by atoms with Gasteiger partial charge in [0.05, 0.1) is 11.5 Å². The van der Waals surface area contributed by atoms with Gasteiger partial charge in [0, 0.05) is 18.3 Å². The molecule has 0 aliphatic carbocycles. The molecule has 0 amide bonds. The van der Waals surface area contributed by atoms with Crippen molar-refractivity contribution in [2.75, 3.05) is 18.1 Å². The Hall–Kier alpha value is -2.18. The molecular formula is C13H19N3O4. The molecule has 110 valence electrons. The van der Waals surface area contributed by atoms with E-state index in [4.69, 9.17) is 4.74 Å². The van der Waals surface area contributed by atoms with Gasteiger partial charge in [-0.05, 0) is 33.3 Å². The maximum atomic E-state index is 11.6. The maximum absolute atomic E-state index is 11.6. The predicted molar refractivity (Wildman–Crippen MR) is 74.7 cm³/mol. The Morgan fingerprint density at radius 3 is 2.70 bits per heavy atom. The molecule has 0 bridgehead atoms. The van der Waals surface area contributed by atoms with Crippen LogP contribution in [0.25, 0.3) is 0 Å². The van der Waals surface area contributed by atoms with E-state index >= 15 is 0 Å². The minimum Gasteiger partial charge on any atom is -0.465 e. The van der Waals surface area contributed by atoms with Gasteiger partial charge in [-0.3, -0.25) is 14.9 Å². The number of nitro groups is 1. The Morgan fingerprint density at radius 2 is 2.20 bits per heavy atom. The number of ether oxygens (including phenoxy) is 1. The minimum atomic E-state index is -0.490. The van der Waals surface area contributed by atoms with Gasteiger partial charge in [-0.1, -0.05) is 0 Å². The second kappa shape index (κ2) is 6.83. The fraction of sp³-hybridized carbons (Fsp3) is 0.538. The van der Waals surface area contributed by atoms with E-state index in [-0.39, 0.29) is 30.7 Å². The Labute approximate surface area is 117 Å². The highest BCUT2D eigenvalue weighted by atomic mass is 16.6. The van der Waals surface area contributed by atoms with Crippen LogP contribution in [-0.2, 0) is 9.53 Å². The van der Waals surface area contributed by atoms with Crippen LogP contribution in [0.5, 0.6) is 0 Å². The van der Waals surface area contributed by atoms with Crippen LogP contribution in [0, 0.1) is 17.0 Å². The zero-order valence-corrected chi connectivity index (χ0v) is 12.1. The van der Waals surface area contributed by atoms with Crippen molar-refractivity contribution in [3.05, 3.63) is 27.9 Å². The highest BCUT2D eigenvalue weighted by Crippen LogP contribution is 2.27. The molecular weight excluding hydrogens is 262 g/mol. The predicted octanol–water partition coefficient (Wildman–Crippen LogP) is 2.08. The molecule has 0 atom stereocenters. The number of nitrogens with zero attached hydrogens (tertiary/aromatic N) is 3. The van der Waals surface area contributed by atoms with Gasteiger partial charge in [0.1, 0.15) is 6.54 Å². The summed E-state index contributed by atoms with van der Waals surface area (Å²) in [5.41, 5.74) is 0.586. The maximum Gasteiger partial charge on any atom is 0.325 e. The van der Waals surface area contributed by atoms with Gasteiger partial charge in [-0.25, -0.2) is 4.98 Å². The minimum absolute atomic E-state index is 0.0671. The number of rotatable bonds is 6. The number of esters is 1. The number of hydrogen-bond donors (Lipinski definition) is 0. The zero-order valence-electron chi connectivity index (χ0n) is 12.1. The summed E-state index contributed by atoms with van der Waals surface area (Å²) in [6.45, 7) is 7.32. The third-order valence-electron chi connectivity index (χ3n) is 2.68. The van der Waals surface area contributed by atoms with Crippen molar-refractivity contribution < 1.29 is 14.5 Å². The molecule has 7 heteroatoms. The van der Waals surface area contributed by atoms with Crippen LogP contribution in [0.15, 0.2) is 12.3 Å². The third-order valence-corrected chi connectivity index (χ3v) is 2.68. The summed E-state index contributed by atoms with van der Waals surface area (Å²) < 4.78 is 4.89. The number of pyridine rings is 1. The standard InChI is InChI=1S/C13H19N3O4/c1-5-20-12(17)8-15(9(2)3)13-11(16(18)19)6-10(4)7-14-13/h6-7,9H,5,8H2,1-4H3. The lowest BCUT2D eigenvalue weighted by Gasteiger charge is -2.26. The SMILES string of the molecule is CCOC(=O)CN(c1ncc(C)cc1[N+](=O)[O-])C(C)C. The number of carbonyl (C=O) groups excluding carboxylic acids is 1. The number of hydrogen-bond acceptors (Lipinski definition) is 6. The summed E-state index contributed by atoms with van der Waals surface area (Å²) >= 11 is 0. The highest BCUT2D eigenvalue weighted by Gasteiger charge is 2.25. The summed E-state index contributed by atoms with van der Waals surface area (Å²) in [5.74, 6) is -0.249. The van der Waals surface area contributed by atoms with Crippen molar-refractivity contribution >= 4 is 17.5 Å². The molecule has 20 heavy (non-hydrogen) atoms. The lowest BCUT2D eigenvalue weighted by atomic mass is 10.2. The molecule has 0 saturated heterocycles. The second-order valence-electron chi connectivity index (χ2n) is 4.64. The summed E-state index contributed by atoms with van der Waals surface area (Å²) in [6, 6.07) is 1.33. The van der Waals surface area contributed by atoms with Gasteiger partial charge in [0.2, 0.25) is 5.82 Å². The van der Waals surface area contributed by atoms with E-state index in [2.05, 4.69) is 4.98 Å². The van der Waals surface area contributed by atoms with Gasteiger partial charge in [0.15, 0.2) is 0 Å². The van der Waals surface area contributed by atoms with E-state index < -0.39 is 10.9 Å². The molecule has 0 fully saturated rings. The monoisotopic (exact) mass is 281 g/mol. The fourth-order valence-corrected chi connectivity index (χ4v) is 1.75. The largest absolute Gasteiger partial charge is 0.465 e. The van der Waals surface area contributed by atoms with Crippen molar-refractivity contribution in [3.63, 3.8) is 0 Å². The summed E-state index contributed by atoms with van der Waals surface area (Å²) in [5, 5.41) is 11.1. The topological polar surface area (TPSA) is 85.6 Å². The van der Waals surface area contributed by atoms with E-state index in [0.29, 0.717) is 5.56 Å². The summed E-state index contributed by atoms with van der Waals surface area (Å²) in [4.78, 5) is 27.9. The molecule has 0 aromatic carbocycles. The molecule has 0 unspecified atom stereocenters. The average molecular weight is 281 g/mol. The lowest BCUT2D eigenvalue weighted by Crippen LogP contribution is -2.37. The van der Waals surface area contributed by atoms with Crippen LogP contribution in [-0.4, -0.2) is 35.1 Å². The van der Waals surface area contributed by atoms with Crippen LogP contribution in [0.3, 0.4) is 0 Å². The van der Waals surface area contributed by atoms with Gasteiger partial charge in [-0.15, -0.1) is 0 Å². The van der Waals surface area contributed by atoms with Gasteiger partial charge >= 0.3 is 11.7 Å². The van der Waals surface area contributed by atoms with Crippen molar-refractivity contribution in [1.82, 2.24) is 4.98 Å². The molecule has 1 aromatic rings. The number of anilines is 1. The van der Waals surface area contributed by atoms with Crippen molar-refractivity contribution in [2.45, 2.75) is 33.7 Å². The van der Waals surface area contributed by atoms with E-state index in [1.807, 2.05) is 13.8 Å². The Balaban J connectivity index is 3.15. The van der Waals surface area contributed by atoms with E-state index in [0.717, 1.165) is 0 Å². The smallest absolute Gasteiger partial charge is 0.325 e. The zero-order chi connectivity index (χ0) is 15.3. The first-order valence-corrected chi connectivity index (χ1v) is 6.40. The molecule has 7 nitrogen and oxygen atoms in total. The molecule has 1 rings (SSSR count). The van der Waals surface area contributed by atoms with Crippen LogP contribution < -0.4 is 4.90 Å². The van der Waals surface area contributed by atoms with Crippen molar-refractivity contribution in [2.24, 2.45) is 0 Å². The van der Waals surface area contributed by atoms with E-state index in [9.17, 15) is 14.9 Å². The van der Waals surface area contributed by atoms with Crippen LogP contribution in [0.2, 0.25) is 0 Å². The molecule has 0 radical (unpaired) electrons. The normalized spacial score (nSPS) is 10.4. The fourth-order valence-electron chi connectivity index (χ4n) is 1.75. The van der Waals surface area contributed by atoms with Gasteiger partial charge in [0.25, 0.3) is 0 Å². The van der Waals surface area contributed by atoms with Crippen LogP contribution in [0.1, 0.15) is 26.3 Å². The Morgan fingerprint density at radius 1 is 1.55 bits per heavy atom. The lowest BCUT2D eigenvalue weighted by molar-refractivity contribution is -0.384.